The second-order valence-electron chi connectivity index (χ2n) is 2.92. The lowest BCUT2D eigenvalue weighted by Gasteiger charge is -1.88. The number of nitrogens with one attached hydrogen (secondary N) is 1. The molecule has 0 amide bonds. The Hall–Kier alpha value is -1.42. The molecule has 4 heteroatoms. The SMILES string of the molecule is CCc1ccc(-c2ncc(C=O)[nH]2)s1. The monoisotopic (exact) mass is 206 g/mol. The lowest BCUT2D eigenvalue weighted by molar-refractivity contribution is 0.111. The molecule has 0 aliphatic rings. The van der Waals surface area contributed by atoms with E-state index in [2.05, 4.69) is 23.0 Å². The van der Waals surface area contributed by atoms with Gasteiger partial charge in [-0.05, 0) is 18.6 Å². The number of carbonyl (C=O) groups is 1. The van der Waals surface area contributed by atoms with Crippen LogP contribution in [-0.4, -0.2) is 16.3 Å². The van der Waals surface area contributed by atoms with Crippen LogP contribution in [0.2, 0.25) is 0 Å². The largest absolute Gasteiger partial charge is 0.335 e. The lowest BCUT2D eigenvalue weighted by Crippen LogP contribution is -1.77. The number of thiophene rings is 1. The molecule has 0 atom stereocenters. The van der Waals surface area contributed by atoms with Crippen molar-refractivity contribution in [1.29, 1.82) is 0 Å². The zero-order chi connectivity index (χ0) is 9.97. The van der Waals surface area contributed by atoms with E-state index in [1.54, 1.807) is 17.5 Å². The molecule has 0 fully saturated rings. The number of imidazole rings is 1. The highest BCUT2D eigenvalue weighted by atomic mass is 32.1. The maximum Gasteiger partial charge on any atom is 0.167 e. The van der Waals surface area contributed by atoms with E-state index in [1.165, 1.54) is 4.88 Å². The molecule has 2 aromatic rings. The molecule has 2 heterocycles. The predicted molar refractivity (Wildman–Crippen MR) is 56.7 cm³/mol. The number of carbonyl (C=O) groups excluding carboxylic acids is 1. The van der Waals surface area contributed by atoms with Crippen LogP contribution in [0.3, 0.4) is 0 Å². The minimum Gasteiger partial charge on any atom is -0.335 e. The van der Waals surface area contributed by atoms with Crippen LogP contribution in [0.5, 0.6) is 0 Å². The summed E-state index contributed by atoms with van der Waals surface area (Å²) in [6.45, 7) is 2.12. The maximum absolute atomic E-state index is 10.4. The van der Waals surface area contributed by atoms with E-state index >= 15 is 0 Å². The van der Waals surface area contributed by atoms with Gasteiger partial charge in [0.2, 0.25) is 0 Å². The van der Waals surface area contributed by atoms with Gasteiger partial charge in [0, 0.05) is 4.88 Å². The summed E-state index contributed by atoms with van der Waals surface area (Å²) >= 11 is 1.70. The van der Waals surface area contributed by atoms with Gasteiger partial charge < -0.3 is 4.98 Å². The average molecular weight is 206 g/mol. The van der Waals surface area contributed by atoms with Crippen LogP contribution in [0.15, 0.2) is 18.3 Å². The first-order valence-corrected chi connectivity index (χ1v) is 5.24. The Balaban J connectivity index is 2.33. The number of H-pyrrole nitrogens is 1. The van der Waals surface area contributed by atoms with Crippen molar-refractivity contribution >= 4 is 17.6 Å². The Labute approximate surface area is 85.8 Å². The van der Waals surface area contributed by atoms with E-state index < -0.39 is 0 Å². The second kappa shape index (κ2) is 3.75. The normalized spacial score (nSPS) is 10.4. The Morgan fingerprint density at radius 2 is 2.43 bits per heavy atom. The predicted octanol–water partition coefficient (Wildman–Crippen LogP) is 2.51. The molecule has 0 radical (unpaired) electrons. The third-order valence-electron chi connectivity index (χ3n) is 1.97. The number of aldehydes is 1. The third kappa shape index (κ3) is 1.61. The summed E-state index contributed by atoms with van der Waals surface area (Å²) in [5.74, 6) is 0.775. The molecule has 1 N–H and O–H groups in total. The zero-order valence-electron chi connectivity index (χ0n) is 7.78. The molecule has 0 aromatic carbocycles. The van der Waals surface area contributed by atoms with Gasteiger partial charge in [-0.25, -0.2) is 4.98 Å². The highest BCUT2D eigenvalue weighted by molar-refractivity contribution is 7.15. The maximum atomic E-state index is 10.4. The summed E-state index contributed by atoms with van der Waals surface area (Å²) in [5.41, 5.74) is 0.520. The van der Waals surface area contributed by atoms with E-state index in [-0.39, 0.29) is 0 Å². The van der Waals surface area contributed by atoms with Crippen molar-refractivity contribution in [3.05, 3.63) is 28.9 Å². The fourth-order valence-corrected chi connectivity index (χ4v) is 2.12. The molecule has 0 aliphatic heterocycles. The fourth-order valence-electron chi connectivity index (χ4n) is 1.22. The highest BCUT2D eigenvalue weighted by Gasteiger charge is 2.05. The van der Waals surface area contributed by atoms with Crippen LogP contribution in [0.1, 0.15) is 22.3 Å². The number of nitrogens with zero attached hydrogens (tertiary/aromatic N) is 1. The van der Waals surface area contributed by atoms with Crippen molar-refractivity contribution in [2.45, 2.75) is 13.3 Å². The van der Waals surface area contributed by atoms with Crippen molar-refractivity contribution < 1.29 is 4.79 Å². The van der Waals surface area contributed by atoms with Gasteiger partial charge in [-0.3, -0.25) is 4.79 Å². The molecule has 72 valence electrons. The van der Waals surface area contributed by atoms with Crippen molar-refractivity contribution in [3.63, 3.8) is 0 Å². The molecular formula is C10H10N2OS. The van der Waals surface area contributed by atoms with Crippen molar-refractivity contribution in [1.82, 2.24) is 9.97 Å². The van der Waals surface area contributed by atoms with Crippen LogP contribution < -0.4 is 0 Å². The molecule has 2 aromatic heterocycles. The molecular weight excluding hydrogens is 196 g/mol. The summed E-state index contributed by atoms with van der Waals surface area (Å²) in [7, 11) is 0. The van der Waals surface area contributed by atoms with Gasteiger partial charge in [0.1, 0.15) is 5.82 Å². The Kier molecular flexibility index (Phi) is 2.45. The van der Waals surface area contributed by atoms with Gasteiger partial charge in [-0.15, -0.1) is 11.3 Å². The van der Waals surface area contributed by atoms with Crippen LogP contribution in [-0.2, 0) is 6.42 Å². The average Bonchev–Trinajstić information content (AvgIpc) is 2.86. The first kappa shape index (κ1) is 9.15. The summed E-state index contributed by atoms with van der Waals surface area (Å²) in [4.78, 5) is 19.9. The number of hydrogen-bond donors (Lipinski definition) is 1. The van der Waals surface area contributed by atoms with Gasteiger partial charge in [-0.2, -0.15) is 0 Å². The third-order valence-corrected chi connectivity index (χ3v) is 3.20. The van der Waals surface area contributed by atoms with Gasteiger partial charge in [0.15, 0.2) is 6.29 Å². The van der Waals surface area contributed by atoms with Crippen LogP contribution in [0.4, 0.5) is 0 Å². The van der Waals surface area contributed by atoms with E-state index in [4.69, 9.17) is 0 Å². The summed E-state index contributed by atoms with van der Waals surface area (Å²) in [6, 6.07) is 4.11. The summed E-state index contributed by atoms with van der Waals surface area (Å²) in [5, 5.41) is 0. The lowest BCUT2D eigenvalue weighted by atomic mass is 10.3. The van der Waals surface area contributed by atoms with Crippen molar-refractivity contribution in [2.24, 2.45) is 0 Å². The Morgan fingerprint density at radius 3 is 3.00 bits per heavy atom. The number of aromatic amines is 1. The first-order chi connectivity index (χ1) is 6.83. The minimum absolute atomic E-state index is 0.520. The molecule has 0 spiro atoms. The number of hydrogen-bond acceptors (Lipinski definition) is 3. The zero-order valence-corrected chi connectivity index (χ0v) is 8.60. The smallest absolute Gasteiger partial charge is 0.167 e. The quantitative estimate of drug-likeness (QED) is 0.784. The molecule has 0 saturated heterocycles. The van der Waals surface area contributed by atoms with E-state index in [9.17, 15) is 4.79 Å². The highest BCUT2D eigenvalue weighted by Crippen LogP contribution is 2.25. The van der Waals surface area contributed by atoms with E-state index in [1.807, 2.05) is 6.07 Å². The van der Waals surface area contributed by atoms with Gasteiger partial charge >= 0.3 is 0 Å². The molecule has 0 saturated carbocycles. The van der Waals surface area contributed by atoms with Crippen LogP contribution in [0, 0.1) is 0 Å². The van der Waals surface area contributed by atoms with Crippen LogP contribution in [0.25, 0.3) is 10.7 Å². The second-order valence-corrected chi connectivity index (χ2v) is 4.09. The Morgan fingerprint density at radius 1 is 1.57 bits per heavy atom. The summed E-state index contributed by atoms with van der Waals surface area (Å²) < 4.78 is 0. The molecule has 14 heavy (non-hydrogen) atoms. The number of rotatable bonds is 3. The standard InChI is InChI=1S/C10H10N2OS/c1-2-8-3-4-9(14-8)10-11-5-7(6-13)12-10/h3-6H,2H2,1H3,(H,11,12). The molecule has 0 aliphatic carbocycles. The number of aromatic nitrogens is 2. The minimum atomic E-state index is 0.520. The molecule has 2 rings (SSSR count). The first-order valence-electron chi connectivity index (χ1n) is 4.42. The van der Waals surface area contributed by atoms with Gasteiger partial charge in [-0.1, -0.05) is 6.92 Å². The van der Waals surface area contributed by atoms with Crippen LogP contribution >= 0.6 is 11.3 Å². The topological polar surface area (TPSA) is 45.8 Å². The van der Waals surface area contributed by atoms with Crippen molar-refractivity contribution in [2.75, 3.05) is 0 Å². The number of aryl methyl sites for hydroxylation is 1. The van der Waals surface area contributed by atoms with E-state index in [0.717, 1.165) is 23.4 Å². The molecule has 0 bridgehead atoms. The van der Waals surface area contributed by atoms with E-state index in [0.29, 0.717) is 5.69 Å². The molecule has 3 nitrogen and oxygen atoms in total. The fraction of sp³-hybridized carbons (Fsp3) is 0.200. The Bertz CT molecular complexity index is 444. The van der Waals surface area contributed by atoms with Crippen molar-refractivity contribution in [3.8, 4) is 10.7 Å². The van der Waals surface area contributed by atoms with Gasteiger partial charge in [0.05, 0.1) is 16.8 Å². The molecule has 0 unspecified atom stereocenters. The van der Waals surface area contributed by atoms with Gasteiger partial charge in [0.25, 0.3) is 0 Å². The summed E-state index contributed by atoms with van der Waals surface area (Å²) in [6.07, 6.45) is 3.35.